The summed E-state index contributed by atoms with van der Waals surface area (Å²) in [5.74, 6) is 0.723. The molecule has 0 saturated heterocycles. The standard InChI is InChI=1S/C27H29NO4S/c1-4-6-22-13-16-26(33-22)23(29)14-9-20-10-15-24(25(17-20)31-5-2)32-18-27(30)28-21-11-7-19(3)8-12-21/h7-17H,4-6,18H2,1-3H3,(H,28,30)/b14-9+. The number of ketones is 1. The molecule has 0 aliphatic heterocycles. The molecule has 0 radical (unpaired) electrons. The highest BCUT2D eigenvalue weighted by atomic mass is 32.1. The molecular weight excluding hydrogens is 434 g/mol. The minimum atomic E-state index is -0.255. The molecule has 0 unspecified atom stereocenters. The number of hydrogen-bond donors (Lipinski definition) is 1. The van der Waals surface area contributed by atoms with Gasteiger partial charge in [-0.3, -0.25) is 9.59 Å². The second-order valence-electron chi connectivity index (χ2n) is 7.56. The van der Waals surface area contributed by atoms with Gasteiger partial charge in [0.25, 0.3) is 5.91 Å². The van der Waals surface area contributed by atoms with Crippen molar-refractivity contribution < 1.29 is 19.1 Å². The SMILES string of the molecule is CCCc1ccc(C(=O)/C=C/c2ccc(OCC(=O)Nc3ccc(C)cc3)c(OCC)c2)s1. The number of hydrogen-bond acceptors (Lipinski definition) is 5. The Hall–Kier alpha value is -3.38. The van der Waals surface area contributed by atoms with E-state index >= 15 is 0 Å². The highest BCUT2D eigenvalue weighted by Crippen LogP contribution is 2.29. The molecular formula is C27H29NO4S. The monoisotopic (exact) mass is 463 g/mol. The highest BCUT2D eigenvalue weighted by Gasteiger charge is 2.10. The molecule has 3 rings (SSSR count). The van der Waals surface area contributed by atoms with Gasteiger partial charge in [0, 0.05) is 10.6 Å². The Morgan fingerprint density at radius 3 is 2.48 bits per heavy atom. The fourth-order valence-corrected chi connectivity index (χ4v) is 4.17. The number of carbonyl (C=O) groups is 2. The molecule has 33 heavy (non-hydrogen) atoms. The Balaban J connectivity index is 1.62. The number of ether oxygens (including phenoxy) is 2. The van der Waals surface area contributed by atoms with Crippen LogP contribution in [0, 0.1) is 6.92 Å². The maximum atomic E-state index is 12.5. The zero-order chi connectivity index (χ0) is 23.6. The van der Waals surface area contributed by atoms with Gasteiger partial charge in [0.1, 0.15) is 0 Å². The molecule has 0 aliphatic carbocycles. The van der Waals surface area contributed by atoms with Crippen molar-refractivity contribution in [3.05, 3.63) is 81.6 Å². The Morgan fingerprint density at radius 2 is 1.76 bits per heavy atom. The second kappa shape index (κ2) is 12.0. The van der Waals surface area contributed by atoms with Crippen molar-refractivity contribution in [2.75, 3.05) is 18.5 Å². The fraction of sp³-hybridized carbons (Fsp3) is 0.259. The number of carbonyl (C=O) groups excluding carboxylic acids is 2. The van der Waals surface area contributed by atoms with E-state index in [2.05, 4.69) is 12.2 Å². The molecule has 1 heterocycles. The largest absolute Gasteiger partial charge is 0.490 e. The Labute approximate surface area is 199 Å². The van der Waals surface area contributed by atoms with Crippen LogP contribution in [0.25, 0.3) is 6.08 Å². The van der Waals surface area contributed by atoms with Crippen LogP contribution in [0.5, 0.6) is 11.5 Å². The van der Waals surface area contributed by atoms with E-state index < -0.39 is 0 Å². The van der Waals surface area contributed by atoms with Gasteiger partial charge in [-0.05, 0) is 68.3 Å². The van der Waals surface area contributed by atoms with Crippen LogP contribution >= 0.6 is 11.3 Å². The summed E-state index contributed by atoms with van der Waals surface area (Å²) in [6, 6.07) is 16.8. The van der Waals surface area contributed by atoms with Gasteiger partial charge in [0.05, 0.1) is 11.5 Å². The van der Waals surface area contributed by atoms with Crippen LogP contribution in [0.3, 0.4) is 0 Å². The Bertz CT molecular complexity index is 1120. The molecule has 0 fully saturated rings. The van der Waals surface area contributed by atoms with E-state index in [-0.39, 0.29) is 18.3 Å². The van der Waals surface area contributed by atoms with Crippen LogP contribution in [0.4, 0.5) is 5.69 Å². The number of thiophene rings is 1. The van der Waals surface area contributed by atoms with Crippen LogP contribution in [0.15, 0.2) is 60.7 Å². The lowest BCUT2D eigenvalue weighted by Gasteiger charge is -2.13. The number of allylic oxidation sites excluding steroid dienone is 1. The van der Waals surface area contributed by atoms with Crippen LogP contribution in [-0.4, -0.2) is 24.9 Å². The van der Waals surface area contributed by atoms with E-state index in [1.165, 1.54) is 4.88 Å². The molecule has 0 atom stereocenters. The van der Waals surface area contributed by atoms with E-state index in [0.29, 0.717) is 18.1 Å². The minimum Gasteiger partial charge on any atom is -0.490 e. The number of anilines is 1. The molecule has 172 valence electrons. The highest BCUT2D eigenvalue weighted by molar-refractivity contribution is 7.14. The van der Waals surface area contributed by atoms with E-state index in [1.807, 2.05) is 56.3 Å². The maximum Gasteiger partial charge on any atom is 0.262 e. The summed E-state index contributed by atoms with van der Waals surface area (Å²) < 4.78 is 11.4. The van der Waals surface area contributed by atoms with E-state index in [4.69, 9.17) is 9.47 Å². The quantitative estimate of drug-likeness (QED) is 0.267. The van der Waals surface area contributed by atoms with Crippen molar-refractivity contribution in [1.82, 2.24) is 0 Å². The van der Waals surface area contributed by atoms with Gasteiger partial charge in [-0.2, -0.15) is 0 Å². The topological polar surface area (TPSA) is 64.6 Å². The summed E-state index contributed by atoms with van der Waals surface area (Å²) in [5, 5.41) is 2.81. The van der Waals surface area contributed by atoms with Gasteiger partial charge < -0.3 is 14.8 Å². The first kappa shape index (κ1) is 24.3. The van der Waals surface area contributed by atoms with E-state index in [9.17, 15) is 9.59 Å². The molecule has 0 bridgehead atoms. The number of nitrogens with one attached hydrogen (secondary N) is 1. The van der Waals surface area contributed by atoms with Crippen LogP contribution in [0.2, 0.25) is 0 Å². The van der Waals surface area contributed by atoms with Gasteiger partial charge in [-0.15, -0.1) is 11.3 Å². The van der Waals surface area contributed by atoms with Gasteiger partial charge in [-0.25, -0.2) is 0 Å². The van der Waals surface area contributed by atoms with Crippen molar-refractivity contribution in [2.45, 2.75) is 33.6 Å². The molecule has 6 heteroatoms. The zero-order valence-corrected chi connectivity index (χ0v) is 20.0. The lowest BCUT2D eigenvalue weighted by atomic mass is 10.1. The summed E-state index contributed by atoms with van der Waals surface area (Å²) in [4.78, 5) is 26.7. The van der Waals surface area contributed by atoms with Crippen molar-refractivity contribution in [1.29, 1.82) is 0 Å². The fourth-order valence-electron chi connectivity index (χ4n) is 3.14. The Morgan fingerprint density at radius 1 is 0.970 bits per heavy atom. The maximum absolute atomic E-state index is 12.5. The normalized spacial score (nSPS) is 10.9. The summed E-state index contributed by atoms with van der Waals surface area (Å²) in [6.45, 7) is 6.31. The third-order valence-electron chi connectivity index (χ3n) is 4.79. The average molecular weight is 464 g/mol. The first-order chi connectivity index (χ1) is 16.0. The van der Waals surface area contributed by atoms with Crippen LogP contribution in [0.1, 0.15) is 45.9 Å². The van der Waals surface area contributed by atoms with Gasteiger partial charge >= 0.3 is 0 Å². The number of benzene rings is 2. The van der Waals surface area contributed by atoms with Crippen LogP contribution in [-0.2, 0) is 11.2 Å². The number of rotatable bonds is 11. The van der Waals surface area contributed by atoms with Gasteiger partial charge in [-0.1, -0.05) is 43.2 Å². The lowest BCUT2D eigenvalue weighted by molar-refractivity contribution is -0.118. The molecule has 3 aromatic rings. The van der Waals surface area contributed by atoms with Crippen molar-refractivity contribution >= 4 is 34.8 Å². The molecule has 1 aromatic heterocycles. The Kier molecular flexibility index (Phi) is 8.84. The van der Waals surface area contributed by atoms with Crippen molar-refractivity contribution in [3.63, 3.8) is 0 Å². The first-order valence-electron chi connectivity index (χ1n) is 11.1. The molecule has 0 aliphatic rings. The summed E-state index contributed by atoms with van der Waals surface area (Å²) in [6.07, 6.45) is 5.39. The summed E-state index contributed by atoms with van der Waals surface area (Å²) in [7, 11) is 0. The first-order valence-corrected chi connectivity index (χ1v) is 11.9. The molecule has 2 aromatic carbocycles. The van der Waals surface area contributed by atoms with Gasteiger partial charge in [0.15, 0.2) is 23.9 Å². The molecule has 0 spiro atoms. The predicted molar refractivity (Wildman–Crippen MR) is 135 cm³/mol. The summed E-state index contributed by atoms with van der Waals surface area (Å²) >= 11 is 1.54. The van der Waals surface area contributed by atoms with Crippen molar-refractivity contribution in [3.8, 4) is 11.5 Å². The third-order valence-corrected chi connectivity index (χ3v) is 5.95. The van der Waals surface area contributed by atoms with E-state index in [0.717, 1.165) is 34.5 Å². The molecule has 0 saturated carbocycles. The number of amides is 1. The molecule has 1 N–H and O–H groups in total. The third kappa shape index (κ3) is 7.32. The average Bonchev–Trinajstić information content (AvgIpc) is 3.28. The zero-order valence-electron chi connectivity index (χ0n) is 19.2. The van der Waals surface area contributed by atoms with E-state index in [1.54, 1.807) is 35.6 Å². The smallest absolute Gasteiger partial charge is 0.262 e. The predicted octanol–water partition coefficient (Wildman–Crippen LogP) is 6.32. The van der Waals surface area contributed by atoms with Crippen LogP contribution < -0.4 is 14.8 Å². The molecule has 1 amide bonds. The van der Waals surface area contributed by atoms with Gasteiger partial charge in [0.2, 0.25) is 0 Å². The van der Waals surface area contributed by atoms with Crippen molar-refractivity contribution in [2.24, 2.45) is 0 Å². The second-order valence-corrected chi connectivity index (χ2v) is 8.72. The minimum absolute atomic E-state index is 0.0200. The number of aryl methyl sites for hydroxylation is 2. The summed E-state index contributed by atoms with van der Waals surface area (Å²) in [5.41, 5.74) is 2.66. The lowest BCUT2D eigenvalue weighted by Crippen LogP contribution is -2.20. The molecule has 5 nitrogen and oxygen atoms in total.